The number of carbonyl (C=O) groups is 1. The molecule has 0 spiro atoms. The lowest BCUT2D eigenvalue weighted by Gasteiger charge is -2.19. The van der Waals surface area contributed by atoms with Crippen LogP contribution in [0.5, 0.6) is 0 Å². The fourth-order valence-electron chi connectivity index (χ4n) is 3.09. The molecule has 0 radical (unpaired) electrons. The summed E-state index contributed by atoms with van der Waals surface area (Å²) in [7, 11) is 0. The van der Waals surface area contributed by atoms with Crippen molar-refractivity contribution < 1.29 is 22.4 Å². The molecule has 0 aliphatic carbocycles. The molecule has 0 fully saturated rings. The number of hydrogen-bond acceptors (Lipinski definition) is 3. The van der Waals surface area contributed by atoms with Crippen molar-refractivity contribution in [2.24, 2.45) is 0 Å². The maximum atomic E-state index is 14.3. The van der Waals surface area contributed by atoms with E-state index < -0.39 is 28.6 Å². The van der Waals surface area contributed by atoms with Crippen molar-refractivity contribution in [2.45, 2.75) is 32.6 Å². The number of rotatable bonds is 6. The smallest absolute Gasteiger partial charge is 0.354 e. The van der Waals surface area contributed by atoms with Crippen LogP contribution in [0.3, 0.4) is 0 Å². The van der Waals surface area contributed by atoms with Crippen LogP contribution in [-0.4, -0.2) is 26.8 Å². The van der Waals surface area contributed by atoms with E-state index in [4.69, 9.17) is 0 Å². The van der Waals surface area contributed by atoms with Gasteiger partial charge in [0.25, 0.3) is 0 Å². The van der Waals surface area contributed by atoms with Gasteiger partial charge in [-0.1, -0.05) is 6.07 Å². The minimum atomic E-state index is -4.85. The zero-order valence-electron chi connectivity index (χ0n) is 15.5. The highest BCUT2D eigenvalue weighted by Gasteiger charge is 2.35. The molecule has 0 unspecified atom stereocenters. The van der Waals surface area contributed by atoms with E-state index in [9.17, 15) is 27.2 Å². The molecule has 0 saturated carbocycles. The van der Waals surface area contributed by atoms with Crippen molar-refractivity contribution >= 4 is 16.8 Å². The number of nitrogens with one attached hydrogen (secondary N) is 1. The summed E-state index contributed by atoms with van der Waals surface area (Å²) in [4.78, 5) is 24.0. The summed E-state index contributed by atoms with van der Waals surface area (Å²) in [6.07, 6.45) is -3.16. The summed E-state index contributed by atoms with van der Waals surface area (Å²) >= 11 is 0. The summed E-state index contributed by atoms with van der Waals surface area (Å²) in [5.74, 6) is -1.31. The first-order chi connectivity index (χ1) is 13.7. The number of fused-ring (bicyclic) bond motifs is 1. The number of pyridine rings is 1. The lowest BCUT2D eigenvalue weighted by atomic mass is 10.1. The van der Waals surface area contributed by atoms with Crippen LogP contribution in [0.4, 0.5) is 17.6 Å². The van der Waals surface area contributed by atoms with Gasteiger partial charge in [0.2, 0.25) is 5.91 Å². The number of alkyl halides is 3. The number of amides is 1. The third-order valence-corrected chi connectivity index (χ3v) is 4.51. The van der Waals surface area contributed by atoms with Gasteiger partial charge in [-0.3, -0.25) is 14.3 Å². The van der Waals surface area contributed by atoms with E-state index >= 15 is 0 Å². The van der Waals surface area contributed by atoms with Gasteiger partial charge in [0.1, 0.15) is 11.5 Å². The predicted molar refractivity (Wildman–Crippen MR) is 97.8 cm³/mol. The summed E-state index contributed by atoms with van der Waals surface area (Å²) in [6, 6.07) is 5.75. The highest BCUT2D eigenvalue weighted by atomic mass is 19.4. The minimum Gasteiger partial charge on any atom is -0.354 e. The van der Waals surface area contributed by atoms with E-state index in [-0.39, 0.29) is 30.8 Å². The van der Waals surface area contributed by atoms with E-state index in [1.165, 1.54) is 12.1 Å². The zero-order chi connectivity index (χ0) is 21.2. The van der Waals surface area contributed by atoms with Gasteiger partial charge in [-0.2, -0.15) is 18.3 Å². The summed E-state index contributed by atoms with van der Waals surface area (Å²) < 4.78 is 56.8. The fraction of sp³-hybridized carbons (Fsp3) is 0.316. The Balaban J connectivity index is 1.78. The van der Waals surface area contributed by atoms with E-state index in [2.05, 4.69) is 10.4 Å². The average Bonchev–Trinajstić information content (AvgIpc) is 3.06. The maximum absolute atomic E-state index is 14.3. The Morgan fingerprint density at radius 2 is 1.97 bits per heavy atom. The zero-order valence-corrected chi connectivity index (χ0v) is 15.5. The van der Waals surface area contributed by atoms with Crippen LogP contribution in [-0.2, 0) is 24.1 Å². The van der Waals surface area contributed by atoms with Crippen molar-refractivity contribution in [2.75, 3.05) is 6.54 Å². The van der Waals surface area contributed by atoms with Crippen LogP contribution >= 0.6 is 0 Å². The number of aromatic nitrogens is 3. The molecule has 0 bridgehead atoms. The van der Waals surface area contributed by atoms with Crippen LogP contribution < -0.4 is 10.7 Å². The Bertz CT molecular complexity index is 1100. The number of hydrogen-bond donors (Lipinski definition) is 1. The highest BCUT2D eigenvalue weighted by Crippen LogP contribution is 2.31. The van der Waals surface area contributed by atoms with E-state index in [1.54, 1.807) is 16.9 Å². The Hall–Kier alpha value is -3.17. The van der Waals surface area contributed by atoms with Crippen LogP contribution in [0.1, 0.15) is 17.8 Å². The van der Waals surface area contributed by atoms with Crippen LogP contribution in [0.2, 0.25) is 0 Å². The summed E-state index contributed by atoms with van der Waals surface area (Å²) in [6.45, 7) is 1.65. The molecule has 0 aliphatic heterocycles. The summed E-state index contributed by atoms with van der Waals surface area (Å²) in [5.41, 5.74) is -1.74. The second kappa shape index (κ2) is 8.06. The third kappa shape index (κ3) is 4.47. The first kappa shape index (κ1) is 20.6. The first-order valence-corrected chi connectivity index (χ1v) is 8.83. The Morgan fingerprint density at radius 1 is 1.21 bits per heavy atom. The first-order valence-electron chi connectivity index (χ1n) is 8.83. The third-order valence-electron chi connectivity index (χ3n) is 4.51. The molecule has 154 valence electrons. The number of carbonyl (C=O) groups excluding carboxylic acids is 1. The molecule has 6 nitrogen and oxygen atoms in total. The van der Waals surface area contributed by atoms with Crippen molar-refractivity contribution in [1.29, 1.82) is 0 Å². The second-order valence-electron chi connectivity index (χ2n) is 6.47. The van der Waals surface area contributed by atoms with E-state index in [0.717, 1.165) is 11.8 Å². The van der Waals surface area contributed by atoms with Gasteiger partial charge in [-0.05, 0) is 25.1 Å². The van der Waals surface area contributed by atoms with Gasteiger partial charge < -0.3 is 9.88 Å². The molecule has 0 saturated heterocycles. The molecule has 3 rings (SSSR count). The minimum absolute atomic E-state index is 0.0912. The molecule has 0 atom stereocenters. The van der Waals surface area contributed by atoms with Gasteiger partial charge >= 0.3 is 6.18 Å². The van der Waals surface area contributed by atoms with Crippen LogP contribution in [0, 0.1) is 12.7 Å². The molecule has 1 amide bonds. The monoisotopic (exact) mass is 410 g/mol. The molecule has 2 aromatic heterocycles. The molecule has 1 N–H and O–H groups in total. The van der Waals surface area contributed by atoms with Crippen molar-refractivity contribution in [3.05, 3.63) is 64.0 Å². The Labute approximate surface area is 162 Å². The highest BCUT2D eigenvalue weighted by molar-refractivity contribution is 5.80. The van der Waals surface area contributed by atoms with Crippen molar-refractivity contribution in [3.8, 4) is 0 Å². The largest absolute Gasteiger partial charge is 0.431 e. The maximum Gasteiger partial charge on any atom is 0.431 e. The van der Waals surface area contributed by atoms with Crippen molar-refractivity contribution in [1.82, 2.24) is 19.7 Å². The van der Waals surface area contributed by atoms with Gasteiger partial charge in [0, 0.05) is 49.4 Å². The fourth-order valence-corrected chi connectivity index (χ4v) is 3.09. The summed E-state index contributed by atoms with van der Waals surface area (Å²) in [5, 5.41) is 6.41. The van der Waals surface area contributed by atoms with Gasteiger partial charge in [0.05, 0.1) is 5.52 Å². The topological polar surface area (TPSA) is 68.9 Å². The van der Waals surface area contributed by atoms with Crippen molar-refractivity contribution in [3.63, 3.8) is 0 Å². The number of benzene rings is 1. The van der Waals surface area contributed by atoms with Gasteiger partial charge in [-0.25, -0.2) is 4.39 Å². The van der Waals surface area contributed by atoms with Crippen LogP contribution in [0.15, 0.2) is 41.3 Å². The molecule has 1 aromatic carbocycles. The standard InChI is InChI=1S/C19H18F4N4O2/c1-12-5-7-25-27(12)9-6-17(29)24-8-10-26-16(19(21,22)23)11-15(28)13-3-2-4-14(20)18(13)26/h2-5,7,11H,6,8-10H2,1H3,(H,24,29). The Kier molecular flexibility index (Phi) is 5.71. The molecule has 2 heterocycles. The SMILES string of the molecule is Cc1ccnn1CCC(=O)NCCn1c(C(F)(F)F)cc(=O)c2cccc(F)c21. The average molecular weight is 410 g/mol. The number of para-hydroxylation sites is 1. The lowest BCUT2D eigenvalue weighted by molar-refractivity contribution is -0.143. The van der Waals surface area contributed by atoms with Gasteiger partial charge in [0.15, 0.2) is 5.43 Å². The van der Waals surface area contributed by atoms with Crippen LogP contribution in [0.25, 0.3) is 10.9 Å². The second-order valence-corrected chi connectivity index (χ2v) is 6.47. The number of halogens is 4. The van der Waals surface area contributed by atoms with E-state index in [1.807, 2.05) is 6.92 Å². The predicted octanol–water partition coefficient (Wildman–Crippen LogP) is 2.87. The quantitative estimate of drug-likeness (QED) is 0.636. The molecular formula is C19H18F4N4O2. The van der Waals surface area contributed by atoms with E-state index in [0.29, 0.717) is 17.2 Å². The molecule has 29 heavy (non-hydrogen) atoms. The molecule has 0 aliphatic rings. The lowest BCUT2D eigenvalue weighted by Crippen LogP contribution is -2.31. The molecular weight excluding hydrogens is 392 g/mol. The molecule has 3 aromatic rings. The number of nitrogens with zero attached hydrogens (tertiary/aromatic N) is 3. The normalized spacial score (nSPS) is 11.8. The number of aryl methyl sites for hydroxylation is 2. The van der Waals surface area contributed by atoms with Gasteiger partial charge in [-0.15, -0.1) is 0 Å². The Morgan fingerprint density at radius 3 is 2.62 bits per heavy atom. The molecule has 10 heteroatoms.